The number of nitrogens with one attached hydrogen (secondary N) is 1. The summed E-state index contributed by atoms with van der Waals surface area (Å²) in [5.74, 6) is -0.0903. The van der Waals surface area contributed by atoms with Crippen molar-refractivity contribution in [3.8, 4) is 0 Å². The molecule has 2 rings (SSSR count). The molecule has 0 aliphatic carbocycles. The van der Waals surface area contributed by atoms with Gasteiger partial charge in [-0.05, 0) is 32.4 Å². The van der Waals surface area contributed by atoms with Gasteiger partial charge in [0, 0.05) is 23.2 Å². The molecular weight excluding hydrogens is 308 g/mol. The van der Waals surface area contributed by atoms with Crippen molar-refractivity contribution in [2.75, 3.05) is 6.54 Å². The van der Waals surface area contributed by atoms with E-state index in [9.17, 15) is 13.2 Å². The third-order valence-corrected chi connectivity index (χ3v) is 5.35. The summed E-state index contributed by atoms with van der Waals surface area (Å²) in [4.78, 5) is 16.5. The normalized spacial score (nSPS) is 11.5. The first-order valence-corrected chi connectivity index (χ1v) is 8.70. The molecule has 1 aromatic heterocycles. The Morgan fingerprint density at radius 3 is 2.48 bits per heavy atom. The Balaban J connectivity index is 1.99. The van der Waals surface area contributed by atoms with Crippen LogP contribution in [0.5, 0.6) is 0 Å². The molecule has 0 fully saturated rings. The van der Waals surface area contributed by atoms with Gasteiger partial charge in [0.1, 0.15) is 0 Å². The maximum Gasteiger partial charge on any atom is 0.240 e. The van der Waals surface area contributed by atoms with Crippen molar-refractivity contribution in [3.05, 3.63) is 45.9 Å². The van der Waals surface area contributed by atoms with Crippen molar-refractivity contribution in [2.24, 2.45) is 0 Å². The minimum Gasteiger partial charge on any atom is -0.295 e. The molecule has 1 aromatic carbocycles. The fraction of sp³-hybridized carbons (Fsp3) is 0.286. The molecule has 0 aliphatic heterocycles. The number of sulfonamides is 1. The van der Waals surface area contributed by atoms with Crippen LogP contribution < -0.4 is 4.72 Å². The predicted molar refractivity (Wildman–Crippen MR) is 82.2 cm³/mol. The van der Waals surface area contributed by atoms with Crippen LogP contribution in [-0.4, -0.2) is 25.7 Å². The second-order valence-electron chi connectivity index (χ2n) is 4.57. The van der Waals surface area contributed by atoms with Gasteiger partial charge in [-0.1, -0.05) is 12.1 Å². The Labute approximate surface area is 128 Å². The molecule has 0 saturated carbocycles. The molecule has 0 atom stereocenters. The molecule has 0 amide bonds. The number of benzene rings is 1. The van der Waals surface area contributed by atoms with E-state index < -0.39 is 10.0 Å². The average Bonchev–Trinajstić information content (AvgIpc) is 2.84. The second-order valence-corrected chi connectivity index (χ2v) is 7.66. The van der Waals surface area contributed by atoms with E-state index in [4.69, 9.17) is 0 Å². The largest absolute Gasteiger partial charge is 0.295 e. The number of carbonyl (C=O) groups is 1. The second kappa shape index (κ2) is 6.46. The number of thiazole rings is 1. The summed E-state index contributed by atoms with van der Waals surface area (Å²) >= 11 is 1.56. The van der Waals surface area contributed by atoms with Crippen LogP contribution in [0.25, 0.3) is 0 Å². The minimum atomic E-state index is -3.54. The van der Waals surface area contributed by atoms with E-state index in [2.05, 4.69) is 9.71 Å². The monoisotopic (exact) mass is 324 g/mol. The maximum absolute atomic E-state index is 12.1. The number of aryl methyl sites for hydroxylation is 1. The van der Waals surface area contributed by atoms with Crippen molar-refractivity contribution in [1.29, 1.82) is 0 Å². The zero-order valence-corrected chi connectivity index (χ0v) is 13.4. The Morgan fingerprint density at radius 2 is 1.95 bits per heavy atom. The highest BCUT2D eigenvalue weighted by atomic mass is 32.2. The van der Waals surface area contributed by atoms with Gasteiger partial charge in [-0.25, -0.2) is 18.1 Å². The number of hydrogen-bond donors (Lipinski definition) is 1. The molecule has 7 heteroatoms. The lowest BCUT2D eigenvalue weighted by atomic mass is 10.2. The summed E-state index contributed by atoms with van der Waals surface area (Å²) in [5, 5.41) is 0.965. The van der Waals surface area contributed by atoms with E-state index in [-0.39, 0.29) is 10.7 Å². The number of rotatable bonds is 6. The lowest BCUT2D eigenvalue weighted by Gasteiger charge is -2.06. The fourth-order valence-electron chi connectivity index (χ4n) is 1.78. The van der Waals surface area contributed by atoms with Gasteiger partial charge in [0.2, 0.25) is 10.0 Å². The zero-order chi connectivity index (χ0) is 15.5. The molecule has 2 aromatic rings. The summed E-state index contributed by atoms with van der Waals surface area (Å²) in [6, 6.07) is 5.92. The van der Waals surface area contributed by atoms with E-state index in [0.29, 0.717) is 18.5 Å². The van der Waals surface area contributed by atoms with Crippen LogP contribution in [-0.2, 0) is 16.4 Å². The highest BCUT2D eigenvalue weighted by Crippen LogP contribution is 2.13. The molecule has 0 saturated heterocycles. The quantitative estimate of drug-likeness (QED) is 0.826. The highest BCUT2D eigenvalue weighted by molar-refractivity contribution is 7.89. The molecule has 112 valence electrons. The Hall–Kier alpha value is -1.57. The summed E-state index contributed by atoms with van der Waals surface area (Å²) in [7, 11) is -3.54. The van der Waals surface area contributed by atoms with E-state index in [1.165, 1.54) is 31.2 Å². The van der Waals surface area contributed by atoms with Crippen molar-refractivity contribution in [2.45, 2.75) is 25.2 Å². The van der Waals surface area contributed by atoms with Crippen molar-refractivity contribution >= 4 is 27.1 Å². The van der Waals surface area contributed by atoms with Crippen LogP contribution >= 0.6 is 11.3 Å². The van der Waals surface area contributed by atoms with E-state index in [1.54, 1.807) is 17.5 Å². The van der Waals surface area contributed by atoms with Crippen molar-refractivity contribution < 1.29 is 13.2 Å². The number of ketones is 1. The fourth-order valence-corrected chi connectivity index (χ4v) is 3.61. The van der Waals surface area contributed by atoms with E-state index >= 15 is 0 Å². The van der Waals surface area contributed by atoms with Crippen LogP contribution in [0.2, 0.25) is 0 Å². The molecule has 0 radical (unpaired) electrons. The number of aromatic nitrogens is 1. The zero-order valence-electron chi connectivity index (χ0n) is 11.8. The molecule has 1 N–H and O–H groups in total. The standard InChI is InChI=1S/C14H16N2O3S2/c1-10(17)12-3-5-14(6-4-12)21(18,19)16-8-7-13-9-15-11(2)20-13/h3-6,9,16H,7-8H2,1-2H3. The molecule has 21 heavy (non-hydrogen) atoms. The Kier molecular flexibility index (Phi) is 4.87. The van der Waals surface area contributed by atoms with Gasteiger partial charge in [0.05, 0.1) is 9.90 Å². The van der Waals surface area contributed by atoms with Crippen LogP contribution in [0.3, 0.4) is 0 Å². The molecular formula is C14H16N2O3S2. The van der Waals surface area contributed by atoms with E-state index in [1.807, 2.05) is 6.92 Å². The molecule has 0 bridgehead atoms. The SMILES string of the molecule is CC(=O)c1ccc(S(=O)(=O)NCCc2cnc(C)s2)cc1. The number of carbonyl (C=O) groups excluding carboxylic acids is 1. The van der Waals surface area contributed by atoms with Crippen LogP contribution in [0.1, 0.15) is 27.2 Å². The van der Waals surface area contributed by atoms with Crippen molar-refractivity contribution in [3.63, 3.8) is 0 Å². The predicted octanol–water partition coefficient (Wildman–Crippen LogP) is 2.18. The first-order valence-electron chi connectivity index (χ1n) is 6.40. The summed E-state index contributed by atoms with van der Waals surface area (Å²) in [5.41, 5.74) is 0.495. The molecule has 1 heterocycles. The van der Waals surface area contributed by atoms with Crippen molar-refractivity contribution in [1.82, 2.24) is 9.71 Å². The summed E-state index contributed by atoms with van der Waals surface area (Å²) in [6.45, 7) is 3.67. The topological polar surface area (TPSA) is 76.1 Å². The van der Waals surface area contributed by atoms with Crippen LogP contribution in [0.4, 0.5) is 0 Å². The number of hydrogen-bond acceptors (Lipinski definition) is 5. The van der Waals surface area contributed by atoms with Gasteiger partial charge in [0.15, 0.2) is 5.78 Å². The van der Waals surface area contributed by atoms with Gasteiger partial charge < -0.3 is 0 Å². The van der Waals surface area contributed by atoms with Gasteiger partial charge in [0.25, 0.3) is 0 Å². The summed E-state index contributed by atoms with van der Waals surface area (Å²) in [6.07, 6.45) is 2.37. The first kappa shape index (κ1) is 15.8. The van der Waals surface area contributed by atoms with Gasteiger partial charge in [-0.2, -0.15) is 0 Å². The lowest BCUT2D eigenvalue weighted by molar-refractivity contribution is 0.101. The molecule has 0 spiro atoms. The summed E-state index contributed by atoms with van der Waals surface area (Å²) < 4.78 is 26.7. The van der Waals surface area contributed by atoms with Gasteiger partial charge in [-0.15, -0.1) is 11.3 Å². The molecule has 0 unspecified atom stereocenters. The van der Waals surface area contributed by atoms with Gasteiger partial charge in [-0.3, -0.25) is 4.79 Å². The van der Waals surface area contributed by atoms with Gasteiger partial charge >= 0.3 is 0 Å². The van der Waals surface area contributed by atoms with Crippen LogP contribution in [0.15, 0.2) is 35.4 Å². The third kappa shape index (κ3) is 4.20. The lowest BCUT2D eigenvalue weighted by Crippen LogP contribution is -2.25. The highest BCUT2D eigenvalue weighted by Gasteiger charge is 2.14. The number of nitrogens with zero attached hydrogens (tertiary/aromatic N) is 1. The Morgan fingerprint density at radius 1 is 1.29 bits per heavy atom. The van der Waals surface area contributed by atoms with E-state index in [0.717, 1.165) is 9.88 Å². The number of Topliss-reactive ketones (excluding diaryl/α,β-unsaturated/α-hetero) is 1. The minimum absolute atomic E-state index is 0.0903. The van der Waals surface area contributed by atoms with Crippen LogP contribution in [0, 0.1) is 6.92 Å². The smallest absolute Gasteiger partial charge is 0.240 e. The Bertz CT molecular complexity index is 734. The maximum atomic E-state index is 12.1. The first-order chi connectivity index (χ1) is 9.88. The average molecular weight is 324 g/mol. The third-order valence-electron chi connectivity index (χ3n) is 2.90. The molecule has 0 aliphatic rings. The molecule has 5 nitrogen and oxygen atoms in total.